The van der Waals surface area contributed by atoms with Gasteiger partial charge in [-0.25, -0.2) is 4.98 Å². The minimum Gasteiger partial charge on any atom is 3.00 e. The maximum Gasteiger partial charge on any atom is 3.00 e. The van der Waals surface area contributed by atoms with Crippen molar-refractivity contribution in [3.05, 3.63) is 161 Å². The summed E-state index contributed by atoms with van der Waals surface area (Å²) < 4.78 is 39.6. The van der Waals surface area contributed by atoms with Crippen LogP contribution >= 0.6 is 11.3 Å². The average Bonchev–Trinajstić information content (AvgIpc) is 3.74. The number of halogens is 1. The molecule has 0 radical (unpaired) electrons. The van der Waals surface area contributed by atoms with E-state index < -0.39 is 25.9 Å². The van der Waals surface area contributed by atoms with Crippen molar-refractivity contribution in [1.82, 2.24) is 9.97 Å². The Kier molecular flexibility index (Phi) is 10.2. The third-order valence-corrected chi connectivity index (χ3v) is 15.8. The van der Waals surface area contributed by atoms with Gasteiger partial charge in [-0.05, 0) is 59.4 Å². The summed E-state index contributed by atoms with van der Waals surface area (Å²) in [5, 5.41) is 10.2. The number of nitrogens with zero attached hydrogens (tertiary/aromatic N) is 4. The smallest absolute Gasteiger partial charge is 3.00 e. The van der Waals surface area contributed by atoms with E-state index in [1.165, 1.54) is 65.2 Å². The molecule has 8 heteroatoms. The van der Waals surface area contributed by atoms with E-state index in [2.05, 4.69) is 139 Å². The molecule has 1 unspecified atom stereocenters. The molecule has 3 aromatic heterocycles. The number of para-hydroxylation sites is 1. The van der Waals surface area contributed by atoms with Crippen molar-refractivity contribution in [2.75, 3.05) is 4.90 Å². The molecule has 1 aliphatic heterocycles. The summed E-state index contributed by atoms with van der Waals surface area (Å²) in [5.74, 6) is 6.42. The molecule has 1 aliphatic rings. The summed E-state index contributed by atoms with van der Waals surface area (Å²) in [6.45, 7) is 6.10. The number of pyridine rings is 2. The first kappa shape index (κ1) is 36.0. The normalized spacial score (nSPS) is 14.8. The number of hydrogen-bond acceptors (Lipinski definition) is 4. The van der Waals surface area contributed by atoms with Gasteiger partial charge in [0.2, 0.25) is 0 Å². The summed E-state index contributed by atoms with van der Waals surface area (Å²) in [6.07, 6.45) is 3.52. The number of fused-ring (bicyclic) bond motifs is 5. The SMILES string of the molecule is Cc1cccc(C)c1N1c2cc3ccccc3cc2[N-]C1c1[c-]ccc2c1sc1ncccc12.[2H]C([2H])([2H])c1cc[c-]c(-c2cc(C(C)C)[c]([Ge]([CH3])([CH3])[CH3])cn2)c1F.[Ir+3]. The summed E-state index contributed by atoms with van der Waals surface area (Å²) in [6, 6.07) is 38.9. The van der Waals surface area contributed by atoms with Gasteiger partial charge in [0.05, 0.1) is 0 Å². The van der Waals surface area contributed by atoms with E-state index in [1.807, 2.05) is 30.6 Å². The van der Waals surface area contributed by atoms with Crippen molar-refractivity contribution in [2.24, 2.45) is 0 Å². The quantitative estimate of drug-likeness (QED) is 0.127. The van der Waals surface area contributed by atoms with Crippen molar-refractivity contribution >= 4 is 77.1 Å². The maximum absolute atomic E-state index is 14.7. The monoisotopic (exact) mass is 997 g/mol. The molecule has 0 saturated heterocycles. The maximum atomic E-state index is 14.7. The Labute approximate surface area is 354 Å². The van der Waals surface area contributed by atoms with Crippen LogP contribution in [0.5, 0.6) is 0 Å². The second-order valence-electron chi connectivity index (χ2n) is 15.5. The summed E-state index contributed by atoms with van der Waals surface area (Å²) in [7, 11) is 0. The van der Waals surface area contributed by atoms with Crippen LogP contribution in [0.2, 0.25) is 17.3 Å². The van der Waals surface area contributed by atoms with Crippen molar-refractivity contribution in [1.29, 1.82) is 0 Å². The van der Waals surface area contributed by atoms with E-state index in [0.717, 1.165) is 21.8 Å². The van der Waals surface area contributed by atoms with Gasteiger partial charge >= 0.3 is 154 Å². The van der Waals surface area contributed by atoms with E-state index in [0.29, 0.717) is 11.6 Å². The number of rotatable bonds is 5. The second-order valence-corrected chi connectivity index (χ2v) is 27.1. The van der Waals surface area contributed by atoms with Gasteiger partial charge in [-0.1, -0.05) is 59.3 Å². The van der Waals surface area contributed by atoms with Crippen molar-refractivity contribution < 1.29 is 28.6 Å². The van der Waals surface area contributed by atoms with Crippen LogP contribution in [-0.2, 0) is 20.1 Å². The summed E-state index contributed by atoms with van der Waals surface area (Å²) in [5.41, 5.74) is 8.41. The van der Waals surface area contributed by atoms with Gasteiger partial charge < -0.3 is 10.2 Å². The average molecular weight is 996 g/mol. The zero-order valence-corrected chi connectivity index (χ0v) is 37.8. The van der Waals surface area contributed by atoms with Crippen LogP contribution in [-0.4, -0.2) is 23.2 Å². The first-order valence-corrected chi connectivity index (χ1v) is 26.8. The van der Waals surface area contributed by atoms with Crippen molar-refractivity contribution in [2.45, 2.75) is 63.9 Å². The fraction of sp³-hybridized carbons (Fsp3) is 0.208. The first-order valence-electron chi connectivity index (χ1n) is 20.1. The van der Waals surface area contributed by atoms with E-state index in [1.54, 1.807) is 11.3 Å². The number of hydrogen-bond donors (Lipinski definition) is 0. The van der Waals surface area contributed by atoms with Gasteiger partial charge in [0.25, 0.3) is 0 Å². The fourth-order valence-electron chi connectivity index (χ4n) is 7.62. The zero-order chi connectivity index (χ0) is 41.1. The molecule has 4 heterocycles. The molecule has 0 N–H and O–H groups in total. The van der Waals surface area contributed by atoms with E-state index in [9.17, 15) is 4.39 Å². The second kappa shape index (κ2) is 15.9. The molecule has 4 nitrogen and oxygen atoms in total. The predicted molar refractivity (Wildman–Crippen MR) is 234 cm³/mol. The topological polar surface area (TPSA) is 43.1 Å². The Morgan fingerprint density at radius 2 is 1.59 bits per heavy atom. The summed E-state index contributed by atoms with van der Waals surface area (Å²) >= 11 is -0.367. The number of aromatic nitrogens is 2. The molecule has 56 heavy (non-hydrogen) atoms. The Morgan fingerprint density at radius 1 is 0.857 bits per heavy atom. The van der Waals surface area contributed by atoms with Crippen LogP contribution in [0.15, 0.2) is 109 Å². The molecule has 9 rings (SSSR count). The van der Waals surface area contributed by atoms with E-state index in [4.69, 9.17) is 9.43 Å². The molecule has 282 valence electrons. The molecule has 8 aromatic rings. The summed E-state index contributed by atoms with van der Waals surface area (Å²) in [4.78, 5) is 12.5. The molecule has 0 fully saturated rings. The number of thiophene rings is 1. The largest absolute Gasteiger partial charge is 3.00 e. The standard InChI is InChI=1S/C30H21N3S.C18H23FGeN.Ir/c1-18-8-5-9-19(2)27(18)33-26-17-21-11-4-3-10-20(21)16-25(26)32-29(33)24-13-6-12-22-23-14-7-15-31-30(23)34-28(22)24;1-12(2)15-10-17(21-11-16(15)20(4,5)6)14-9-7-8-13(3)18(14)19;/h3-12,14-17,29H,1-2H3;7-8,10-12H,1-6H3;/q-2;-1;+3/i;3D3;. The van der Waals surface area contributed by atoms with Crippen LogP contribution < -0.4 is 9.30 Å². The van der Waals surface area contributed by atoms with Gasteiger partial charge in [0.15, 0.2) is 0 Å². The molecule has 0 amide bonds. The Hall–Kier alpha value is -4.40. The van der Waals surface area contributed by atoms with Crippen molar-refractivity contribution in [3.63, 3.8) is 0 Å². The molecule has 0 saturated carbocycles. The van der Waals surface area contributed by atoms with Crippen LogP contribution in [0.1, 0.15) is 57.9 Å². The molecular weight excluding hydrogens is 948 g/mol. The number of aryl methyl sites for hydroxylation is 3. The van der Waals surface area contributed by atoms with E-state index in [-0.39, 0.29) is 37.4 Å². The van der Waals surface area contributed by atoms with Crippen molar-refractivity contribution in [3.8, 4) is 11.3 Å². The van der Waals surface area contributed by atoms with Crippen LogP contribution in [0.25, 0.3) is 47.6 Å². The van der Waals surface area contributed by atoms with Gasteiger partial charge in [0.1, 0.15) is 4.83 Å². The number of anilines is 2. The Morgan fingerprint density at radius 3 is 2.30 bits per heavy atom. The Balaban J connectivity index is 0.000000188. The molecule has 0 bridgehead atoms. The molecule has 1 atom stereocenters. The van der Waals surface area contributed by atoms with Crippen LogP contribution in [0, 0.1) is 38.6 Å². The van der Waals surface area contributed by atoms with Crippen LogP contribution in [0.3, 0.4) is 0 Å². The third kappa shape index (κ3) is 7.31. The molecule has 5 aromatic carbocycles. The van der Waals surface area contributed by atoms with Crippen LogP contribution in [0.4, 0.5) is 21.5 Å². The van der Waals surface area contributed by atoms with E-state index >= 15 is 0 Å². The minimum absolute atomic E-state index is 0. The van der Waals surface area contributed by atoms with Gasteiger partial charge in [0, 0.05) is 17.6 Å². The fourth-order valence-corrected chi connectivity index (χ4v) is 12.3. The van der Waals surface area contributed by atoms with Gasteiger partial charge in [-0.2, -0.15) is 29.5 Å². The minimum atomic E-state index is -2.49. The zero-order valence-electron chi connectivity index (χ0n) is 35.5. The van der Waals surface area contributed by atoms with Gasteiger partial charge in [-0.15, -0.1) is 16.6 Å². The van der Waals surface area contributed by atoms with Gasteiger partial charge in [-0.3, -0.25) is 0 Å². The molecule has 0 spiro atoms. The predicted octanol–water partition coefficient (Wildman–Crippen LogP) is 13.5. The number of benzene rings is 5. The Bertz CT molecular complexity index is 2830. The molecular formula is C48H44FGeIrN4S. The molecule has 0 aliphatic carbocycles. The first-order chi connectivity index (χ1) is 27.6. The third-order valence-electron chi connectivity index (χ3n) is 10.3.